The zero-order valence-electron chi connectivity index (χ0n) is 13.7. The molecule has 120 valence electrons. The maximum atomic E-state index is 14.6. The van der Waals surface area contributed by atoms with E-state index in [9.17, 15) is 4.39 Å². The van der Waals surface area contributed by atoms with E-state index in [4.69, 9.17) is 0 Å². The number of halogens is 1. The lowest BCUT2D eigenvalue weighted by Crippen LogP contribution is -2.39. The van der Waals surface area contributed by atoms with Gasteiger partial charge in [0.1, 0.15) is 5.82 Å². The monoisotopic (exact) mass is 317 g/mol. The third kappa shape index (κ3) is 2.85. The highest BCUT2D eigenvalue weighted by molar-refractivity contribution is 5.71. The van der Waals surface area contributed by atoms with E-state index in [-0.39, 0.29) is 5.82 Å². The molecule has 0 radical (unpaired) electrons. The average molecular weight is 317 g/mol. The summed E-state index contributed by atoms with van der Waals surface area (Å²) >= 11 is 0. The molecule has 1 heterocycles. The molecule has 4 rings (SSSR count). The van der Waals surface area contributed by atoms with Crippen LogP contribution in [-0.2, 0) is 0 Å². The second-order valence-electron chi connectivity index (χ2n) is 6.54. The van der Waals surface area contributed by atoms with Crippen LogP contribution in [0.2, 0.25) is 0 Å². The lowest BCUT2D eigenvalue weighted by atomic mass is 9.92. The second kappa shape index (κ2) is 6.21. The van der Waals surface area contributed by atoms with Gasteiger partial charge in [0.25, 0.3) is 0 Å². The molecule has 3 aromatic rings. The van der Waals surface area contributed by atoms with Gasteiger partial charge >= 0.3 is 0 Å². The lowest BCUT2D eigenvalue weighted by molar-refractivity contribution is 0.448. The van der Waals surface area contributed by atoms with Crippen LogP contribution in [-0.4, -0.2) is 13.1 Å². The number of rotatable bonds is 3. The minimum Gasteiger partial charge on any atom is -0.315 e. The number of hydrogen-bond donors (Lipinski definition) is 1. The topological polar surface area (TPSA) is 12.0 Å². The number of benzene rings is 3. The Labute approximate surface area is 142 Å². The molecule has 2 heteroatoms. The highest BCUT2D eigenvalue weighted by Gasteiger charge is 2.18. The van der Waals surface area contributed by atoms with Gasteiger partial charge in [-0.3, -0.25) is 0 Å². The van der Waals surface area contributed by atoms with E-state index in [1.165, 1.54) is 11.1 Å². The van der Waals surface area contributed by atoms with Crippen molar-refractivity contribution in [1.29, 1.82) is 0 Å². The highest BCUT2D eigenvalue weighted by atomic mass is 19.1. The first kappa shape index (κ1) is 15.1. The van der Waals surface area contributed by atoms with E-state index < -0.39 is 0 Å². The summed E-state index contributed by atoms with van der Waals surface area (Å²) in [6.45, 7) is 4.14. The smallest absolute Gasteiger partial charge is 0.131 e. The Kier molecular flexibility index (Phi) is 3.91. The van der Waals surface area contributed by atoms with Crippen molar-refractivity contribution < 1.29 is 4.39 Å². The van der Waals surface area contributed by atoms with Gasteiger partial charge in [-0.25, -0.2) is 4.39 Å². The van der Waals surface area contributed by atoms with Crippen LogP contribution in [0.25, 0.3) is 22.3 Å². The van der Waals surface area contributed by atoms with E-state index in [1.807, 2.05) is 43.3 Å². The molecule has 0 spiro atoms. The minimum absolute atomic E-state index is 0.177. The van der Waals surface area contributed by atoms with Gasteiger partial charge in [-0.1, -0.05) is 66.2 Å². The molecule has 0 unspecified atom stereocenters. The van der Waals surface area contributed by atoms with Gasteiger partial charge < -0.3 is 5.32 Å². The molecule has 1 saturated heterocycles. The van der Waals surface area contributed by atoms with Crippen molar-refractivity contribution >= 4 is 0 Å². The summed E-state index contributed by atoms with van der Waals surface area (Å²) in [5.41, 5.74) is 6.07. The van der Waals surface area contributed by atoms with Crippen LogP contribution < -0.4 is 5.32 Å². The lowest BCUT2D eigenvalue weighted by Gasteiger charge is -2.27. The maximum Gasteiger partial charge on any atom is 0.131 e. The Hall–Kier alpha value is -2.45. The Morgan fingerprint density at radius 3 is 2.00 bits per heavy atom. The summed E-state index contributed by atoms with van der Waals surface area (Å²) < 4.78 is 14.6. The van der Waals surface area contributed by atoms with Gasteiger partial charge in [0, 0.05) is 24.6 Å². The van der Waals surface area contributed by atoms with E-state index in [1.54, 1.807) is 6.07 Å². The molecule has 0 amide bonds. The molecule has 0 saturated carbocycles. The van der Waals surface area contributed by atoms with Crippen molar-refractivity contribution in [2.24, 2.45) is 0 Å². The molecule has 1 fully saturated rings. The summed E-state index contributed by atoms with van der Waals surface area (Å²) in [5, 5.41) is 3.29. The molecule has 0 aromatic heterocycles. The van der Waals surface area contributed by atoms with E-state index in [0.29, 0.717) is 11.5 Å². The summed E-state index contributed by atoms with van der Waals surface area (Å²) in [7, 11) is 0. The quantitative estimate of drug-likeness (QED) is 0.704. The first-order valence-corrected chi connectivity index (χ1v) is 8.38. The third-order valence-electron chi connectivity index (χ3n) is 4.83. The predicted octanol–water partition coefficient (Wildman–Crippen LogP) is 5.15. The van der Waals surface area contributed by atoms with Crippen molar-refractivity contribution in [3.05, 3.63) is 83.7 Å². The van der Waals surface area contributed by atoms with Crippen LogP contribution >= 0.6 is 0 Å². The zero-order chi connectivity index (χ0) is 16.5. The molecule has 0 atom stereocenters. The fourth-order valence-electron chi connectivity index (χ4n) is 3.13. The number of nitrogens with one attached hydrogen (secondary N) is 1. The molecular formula is C22H20FN. The molecule has 1 N–H and O–H groups in total. The Bertz CT molecular complexity index is 846. The highest BCUT2D eigenvalue weighted by Crippen LogP contribution is 2.29. The van der Waals surface area contributed by atoms with Crippen LogP contribution in [0, 0.1) is 12.7 Å². The molecule has 0 aliphatic carbocycles. The Morgan fingerprint density at radius 2 is 1.42 bits per heavy atom. The minimum atomic E-state index is -0.177. The first-order chi connectivity index (χ1) is 11.7. The van der Waals surface area contributed by atoms with Crippen LogP contribution in [0.5, 0.6) is 0 Å². The summed E-state index contributed by atoms with van der Waals surface area (Å²) in [6, 6.07) is 22.0. The molecular weight excluding hydrogens is 297 g/mol. The van der Waals surface area contributed by atoms with Crippen LogP contribution in [0.4, 0.5) is 4.39 Å². The van der Waals surface area contributed by atoms with Gasteiger partial charge in [-0.15, -0.1) is 0 Å². The van der Waals surface area contributed by atoms with Crippen molar-refractivity contribution in [1.82, 2.24) is 5.32 Å². The summed E-state index contributed by atoms with van der Waals surface area (Å²) in [6.07, 6.45) is 0. The first-order valence-electron chi connectivity index (χ1n) is 8.38. The van der Waals surface area contributed by atoms with Crippen molar-refractivity contribution in [3.8, 4) is 22.3 Å². The average Bonchev–Trinajstić information content (AvgIpc) is 2.55. The standard InChI is InChI=1S/C22H20FN/c1-15-2-4-18(5-3-15)21-11-10-19(12-22(21)23)16-6-8-17(9-7-16)20-13-24-14-20/h2-12,20,24H,13-14H2,1H3. The largest absolute Gasteiger partial charge is 0.315 e. The summed E-state index contributed by atoms with van der Waals surface area (Å²) in [4.78, 5) is 0. The van der Waals surface area contributed by atoms with Crippen LogP contribution in [0.1, 0.15) is 17.0 Å². The van der Waals surface area contributed by atoms with Crippen molar-refractivity contribution in [2.45, 2.75) is 12.8 Å². The van der Waals surface area contributed by atoms with Crippen molar-refractivity contribution in [2.75, 3.05) is 13.1 Å². The zero-order valence-corrected chi connectivity index (χ0v) is 13.7. The maximum absolute atomic E-state index is 14.6. The van der Waals surface area contributed by atoms with Gasteiger partial charge in [-0.05, 0) is 35.2 Å². The number of hydrogen-bond acceptors (Lipinski definition) is 1. The fourth-order valence-corrected chi connectivity index (χ4v) is 3.13. The molecule has 0 bridgehead atoms. The molecule has 3 aromatic carbocycles. The number of aryl methyl sites for hydroxylation is 1. The van der Waals surface area contributed by atoms with Gasteiger partial charge in [0.15, 0.2) is 0 Å². The predicted molar refractivity (Wildman–Crippen MR) is 97.6 cm³/mol. The SMILES string of the molecule is Cc1ccc(-c2ccc(-c3ccc(C4CNC4)cc3)cc2F)cc1. The van der Waals surface area contributed by atoms with Crippen LogP contribution in [0.3, 0.4) is 0 Å². The molecule has 1 nitrogen and oxygen atoms in total. The Morgan fingerprint density at radius 1 is 0.792 bits per heavy atom. The molecule has 1 aliphatic rings. The second-order valence-corrected chi connectivity index (χ2v) is 6.54. The molecule has 24 heavy (non-hydrogen) atoms. The van der Waals surface area contributed by atoms with Gasteiger partial charge in [0.05, 0.1) is 0 Å². The van der Waals surface area contributed by atoms with E-state index >= 15 is 0 Å². The van der Waals surface area contributed by atoms with Crippen LogP contribution in [0.15, 0.2) is 66.7 Å². The van der Waals surface area contributed by atoms with E-state index in [2.05, 4.69) is 29.6 Å². The van der Waals surface area contributed by atoms with Gasteiger partial charge in [-0.2, -0.15) is 0 Å². The third-order valence-corrected chi connectivity index (χ3v) is 4.83. The van der Waals surface area contributed by atoms with E-state index in [0.717, 1.165) is 29.8 Å². The normalized spacial score (nSPS) is 14.4. The Balaban J connectivity index is 1.62. The fraction of sp³-hybridized carbons (Fsp3) is 0.182. The summed E-state index contributed by atoms with van der Waals surface area (Å²) in [5.74, 6) is 0.448. The van der Waals surface area contributed by atoms with Crippen molar-refractivity contribution in [3.63, 3.8) is 0 Å². The van der Waals surface area contributed by atoms with Gasteiger partial charge in [0.2, 0.25) is 0 Å². The molecule has 1 aliphatic heterocycles.